The lowest BCUT2D eigenvalue weighted by atomic mass is 10.4. The predicted octanol–water partition coefficient (Wildman–Crippen LogP) is 0.320. The standard InChI is InChI=1S/C7H8N4O/c1-12-7-5(8)2-3-6-10-9-4-11(6)7/h2-4H,8H2,1H3. The number of aromatic nitrogens is 3. The molecule has 0 saturated heterocycles. The lowest BCUT2D eigenvalue weighted by Crippen LogP contribution is -1.98. The third-order valence-corrected chi connectivity index (χ3v) is 1.65. The predicted molar refractivity (Wildman–Crippen MR) is 44.0 cm³/mol. The first-order chi connectivity index (χ1) is 5.83. The summed E-state index contributed by atoms with van der Waals surface area (Å²) in [7, 11) is 1.56. The lowest BCUT2D eigenvalue weighted by molar-refractivity contribution is 0.394. The molecule has 5 nitrogen and oxygen atoms in total. The molecular formula is C7H8N4O. The van der Waals surface area contributed by atoms with E-state index in [1.54, 1.807) is 30.0 Å². The maximum atomic E-state index is 5.65. The SMILES string of the molecule is COc1c(N)ccc2nncn12. The van der Waals surface area contributed by atoms with E-state index in [0.29, 0.717) is 11.6 Å². The Morgan fingerprint density at radius 2 is 2.33 bits per heavy atom. The molecule has 0 fully saturated rings. The molecule has 2 aromatic heterocycles. The number of nitrogens with zero attached hydrogens (tertiary/aromatic N) is 3. The van der Waals surface area contributed by atoms with Crippen molar-refractivity contribution in [2.45, 2.75) is 0 Å². The Balaban J connectivity index is 2.83. The number of nitrogens with two attached hydrogens (primary N) is 1. The van der Waals surface area contributed by atoms with Crippen LogP contribution in [0.25, 0.3) is 5.65 Å². The Kier molecular flexibility index (Phi) is 1.36. The zero-order valence-corrected chi connectivity index (χ0v) is 6.56. The summed E-state index contributed by atoms with van der Waals surface area (Å²) in [6, 6.07) is 3.52. The average molecular weight is 164 g/mol. The first-order valence-electron chi connectivity index (χ1n) is 3.45. The summed E-state index contributed by atoms with van der Waals surface area (Å²) in [6.45, 7) is 0. The Bertz CT molecular complexity index is 409. The number of hydrogen-bond acceptors (Lipinski definition) is 4. The average Bonchev–Trinajstić information content (AvgIpc) is 2.52. The van der Waals surface area contributed by atoms with E-state index < -0.39 is 0 Å². The highest BCUT2D eigenvalue weighted by Gasteiger charge is 2.04. The Hall–Kier alpha value is -1.78. The van der Waals surface area contributed by atoms with Gasteiger partial charge in [0.05, 0.1) is 12.8 Å². The van der Waals surface area contributed by atoms with E-state index in [1.807, 2.05) is 0 Å². The van der Waals surface area contributed by atoms with Crippen LogP contribution in [0.2, 0.25) is 0 Å². The van der Waals surface area contributed by atoms with Crippen molar-refractivity contribution in [2.75, 3.05) is 12.8 Å². The van der Waals surface area contributed by atoms with Crippen LogP contribution in [0.5, 0.6) is 5.88 Å². The normalized spacial score (nSPS) is 10.4. The Morgan fingerprint density at radius 3 is 3.08 bits per heavy atom. The molecule has 2 N–H and O–H groups in total. The molecule has 0 amide bonds. The fourth-order valence-corrected chi connectivity index (χ4v) is 1.10. The summed E-state index contributed by atoms with van der Waals surface area (Å²) in [5.41, 5.74) is 6.95. The first-order valence-corrected chi connectivity index (χ1v) is 3.45. The minimum absolute atomic E-state index is 0.567. The van der Waals surface area contributed by atoms with E-state index in [-0.39, 0.29) is 0 Å². The van der Waals surface area contributed by atoms with Gasteiger partial charge in [-0.3, -0.25) is 0 Å². The second-order valence-electron chi connectivity index (χ2n) is 2.36. The molecule has 0 radical (unpaired) electrons. The summed E-state index contributed by atoms with van der Waals surface area (Å²) in [5, 5.41) is 7.57. The van der Waals surface area contributed by atoms with Crippen LogP contribution in [-0.4, -0.2) is 21.7 Å². The summed E-state index contributed by atoms with van der Waals surface area (Å²) in [4.78, 5) is 0. The second-order valence-corrected chi connectivity index (χ2v) is 2.36. The number of fused-ring (bicyclic) bond motifs is 1. The van der Waals surface area contributed by atoms with Crippen LogP contribution in [0, 0.1) is 0 Å². The molecule has 2 rings (SSSR count). The van der Waals surface area contributed by atoms with Gasteiger partial charge in [-0.1, -0.05) is 0 Å². The van der Waals surface area contributed by atoms with Crippen LogP contribution < -0.4 is 10.5 Å². The van der Waals surface area contributed by atoms with E-state index in [1.165, 1.54) is 0 Å². The van der Waals surface area contributed by atoms with Crippen LogP contribution in [-0.2, 0) is 0 Å². The highest BCUT2D eigenvalue weighted by molar-refractivity contribution is 5.55. The van der Waals surface area contributed by atoms with Crippen molar-refractivity contribution in [1.29, 1.82) is 0 Å². The van der Waals surface area contributed by atoms with Crippen molar-refractivity contribution >= 4 is 11.3 Å². The van der Waals surface area contributed by atoms with E-state index in [0.717, 1.165) is 5.65 Å². The summed E-state index contributed by atoms with van der Waals surface area (Å²) < 4.78 is 6.76. The molecule has 0 unspecified atom stereocenters. The van der Waals surface area contributed by atoms with Crippen LogP contribution in [0.15, 0.2) is 18.5 Å². The van der Waals surface area contributed by atoms with E-state index in [2.05, 4.69) is 10.2 Å². The Labute approximate surface area is 68.8 Å². The fraction of sp³-hybridized carbons (Fsp3) is 0.143. The zero-order chi connectivity index (χ0) is 8.55. The maximum absolute atomic E-state index is 5.65. The molecule has 5 heteroatoms. The van der Waals surface area contributed by atoms with E-state index >= 15 is 0 Å². The van der Waals surface area contributed by atoms with Crippen molar-refractivity contribution in [2.24, 2.45) is 0 Å². The van der Waals surface area contributed by atoms with Crippen molar-refractivity contribution in [1.82, 2.24) is 14.6 Å². The molecule has 62 valence electrons. The van der Waals surface area contributed by atoms with Crippen molar-refractivity contribution in [3.8, 4) is 5.88 Å². The van der Waals surface area contributed by atoms with Gasteiger partial charge in [0.2, 0.25) is 5.88 Å². The molecule has 0 bridgehead atoms. The van der Waals surface area contributed by atoms with Crippen molar-refractivity contribution < 1.29 is 4.74 Å². The first kappa shape index (κ1) is 6.90. The van der Waals surface area contributed by atoms with Crippen LogP contribution >= 0.6 is 0 Å². The lowest BCUT2D eigenvalue weighted by Gasteiger charge is -2.04. The molecule has 0 aliphatic heterocycles. The van der Waals surface area contributed by atoms with E-state index in [9.17, 15) is 0 Å². The van der Waals surface area contributed by atoms with Crippen LogP contribution in [0.1, 0.15) is 0 Å². The van der Waals surface area contributed by atoms with Gasteiger partial charge in [-0.05, 0) is 12.1 Å². The van der Waals surface area contributed by atoms with Crippen molar-refractivity contribution in [3.05, 3.63) is 18.5 Å². The molecule has 0 spiro atoms. The summed E-state index contributed by atoms with van der Waals surface area (Å²) >= 11 is 0. The van der Waals surface area contributed by atoms with Gasteiger partial charge in [-0.25, -0.2) is 4.40 Å². The number of nitrogen functional groups attached to an aromatic ring is 1. The quantitative estimate of drug-likeness (QED) is 0.659. The molecule has 0 atom stereocenters. The molecule has 12 heavy (non-hydrogen) atoms. The van der Waals surface area contributed by atoms with Gasteiger partial charge < -0.3 is 10.5 Å². The zero-order valence-electron chi connectivity index (χ0n) is 6.56. The molecule has 2 heterocycles. The number of pyridine rings is 1. The number of ether oxygens (including phenoxy) is 1. The largest absolute Gasteiger partial charge is 0.480 e. The van der Waals surface area contributed by atoms with Crippen LogP contribution in [0.3, 0.4) is 0 Å². The van der Waals surface area contributed by atoms with Gasteiger partial charge >= 0.3 is 0 Å². The highest BCUT2D eigenvalue weighted by Crippen LogP contribution is 2.20. The third kappa shape index (κ3) is 0.795. The third-order valence-electron chi connectivity index (χ3n) is 1.65. The topological polar surface area (TPSA) is 65.4 Å². The van der Waals surface area contributed by atoms with Crippen LogP contribution in [0.4, 0.5) is 5.69 Å². The van der Waals surface area contributed by atoms with Gasteiger partial charge in [0.25, 0.3) is 0 Å². The molecule has 0 aliphatic rings. The Morgan fingerprint density at radius 1 is 1.50 bits per heavy atom. The second kappa shape index (κ2) is 2.37. The minimum atomic E-state index is 0.567. The smallest absolute Gasteiger partial charge is 0.224 e. The van der Waals surface area contributed by atoms with Crippen molar-refractivity contribution in [3.63, 3.8) is 0 Å². The summed E-state index contributed by atoms with van der Waals surface area (Å²) in [5.74, 6) is 0.567. The number of methoxy groups -OCH3 is 1. The number of anilines is 1. The summed E-state index contributed by atoms with van der Waals surface area (Å²) in [6.07, 6.45) is 1.56. The maximum Gasteiger partial charge on any atom is 0.224 e. The minimum Gasteiger partial charge on any atom is -0.480 e. The van der Waals surface area contributed by atoms with Gasteiger partial charge in [0.1, 0.15) is 6.33 Å². The molecule has 0 aromatic carbocycles. The number of hydrogen-bond donors (Lipinski definition) is 1. The fourth-order valence-electron chi connectivity index (χ4n) is 1.10. The molecular weight excluding hydrogens is 156 g/mol. The number of rotatable bonds is 1. The van der Waals surface area contributed by atoms with Gasteiger partial charge in [-0.2, -0.15) is 0 Å². The van der Waals surface area contributed by atoms with E-state index in [4.69, 9.17) is 10.5 Å². The molecule has 0 saturated carbocycles. The van der Waals surface area contributed by atoms with Gasteiger partial charge in [-0.15, -0.1) is 10.2 Å². The monoisotopic (exact) mass is 164 g/mol. The van der Waals surface area contributed by atoms with Gasteiger partial charge in [0, 0.05) is 0 Å². The molecule has 2 aromatic rings. The highest BCUT2D eigenvalue weighted by atomic mass is 16.5. The molecule has 0 aliphatic carbocycles. The van der Waals surface area contributed by atoms with Gasteiger partial charge in [0.15, 0.2) is 5.65 Å².